The van der Waals surface area contributed by atoms with E-state index in [0.717, 1.165) is 11.4 Å². The zero-order valence-corrected chi connectivity index (χ0v) is 26.0. The van der Waals surface area contributed by atoms with E-state index in [1.807, 2.05) is 0 Å². The number of nitrogens with zero attached hydrogens (tertiary/aromatic N) is 1. The van der Waals surface area contributed by atoms with E-state index in [1.165, 1.54) is 71.4 Å². The number of hydrogen-bond acceptors (Lipinski definition) is 1. The maximum Gasteiger partial charge on any atom is 0.0552 e. The van der Waals surface area contributed by atoms with Crippen LogP contribution < -0.4 is 4.90 Å². The SMILES string of the molecule is CC1(C)c2ccccc2-c2ccc(N(c3ccc(-c4ccccc4)cc3)c3cc4ccccc4c4ccc5ccccc5c34)cc21. The number of anilines is 3. The summed E-state index contributed by atoms with van der Waals surface area (Å²) in [5.41, 5.74) is 11.3. The normalized spacial score (nSPS) is 13.2. The molecule has 0 unspecified atom stereocenters. The van der Waals surface area contributed by atoms with Gasteiger partial charge in [0.15, 0.2) is 0 Å². The molecule has 1 aliphatic rings. The molecule has 0 radical (unpaired) electrons. The third-order valence-electron chi connectivity index (χ3n) is 10.0. The third kappa shape index (κ3) is 4.02. The molecule has 0 heterocycles. The molecular weight excluding hydrogens is 555 g/mol. The highest BCUT2D eigenvalue weighted by Gasteiger charge is 2.35. The second kappa shape index (κ2) is 10.2. The number of hydrogen-bond donors (Lipinski definition) is 0. The third-order valence-corrected chi connectivity index (χ3v) is 10.0. The van der Waals surface area contributed by atoms with Crippen LogP contribution in [0.2, 0.25) is 0 Å². The Kier molecular flexibility index (Phi) is 5.92. The molecule has 0 bridgehead atoms. The fourth-order valence-corrected chi connectivity index (χ4v) is 7.73. The molecule has 0 aliphatic heterocycles. The minimum atomic E-state index is -0.0943. The molecule has 0 saturated carbocycles. The lowest BCUT2D eigenvalue weighted by Crippen LogP contribution is -2.16. The lowest BCUT2D eigenvalue weighted by Gasteiger charge is -2.30. The van der Waals surface area contributed by atoms with Crippen molar-refractivity contribution < 1.29 is 0 Å². The Balaban J connectivity index is 1.34. The highest BCUT2D eigenvalue weighted by Crippen LogP contribution is 2.51. The zero-order chi connectivity index (χ0) is 30.8. The van der Waals surface area contributed by atoms with E-state index < -0.39 is 0 Å². The van der Waals surface area contributed by atoms with Crippen LogP contribution in [0.15, 0.2) is 164 Å². The van der Waals surface area contributed by atoms with Gasteiger partial charge in [0.25, 0.3) is 0 Å². The molecule has 1 heteroatoms. The van der Waals surface area contributed by atoms with Gasteiger partial charge in [0.05, 0.1) is 5.69 Å². The van der Waals surface area contributed by atoms with Crippen molar-refractivity contribution in [3.63, 3.8) is 0 Å². The van der Waals surface area contributed by atoms with Crippen LogP contribution in [0.3, 0.4) is 0 Å². The highest BCUT2D eigenvalue weighted by atomic mass is 15.1. The van der Waals surface area contributed by atoms with E-state index in [-0.39, 0.29) is 5.41 Å². The van der Waals surface area contributed by atoms with Gasteiger partial charge in [0.1, 0.15) is 0 Å². The molecule has 218 valence electrons. The average Bonchev–Trinajstić information content (AvgIpc) is 3.34. The van der Waals surface area contributed by atoms with Gasteiger partial charge in [0, 0.05) is 22.2 Å². The number of rotatable bonds is 4. The van der Waals surface area contributed by atoms with Gasteiger partial charge in [0.2, 0.25) is 0 Å². The van der Waals surface area contributed by atoms with Gasteiger partial charge in [-0.15, -0.1) is 0 Å². The molecule has 1 aliphatic carbocycles. The van der Waals surface area contributed by atoms with Crippen LogP contribution in [-0.4, -0.2) is 0 Å². The topological polar surface area (TPSA) is 3.24 Å². The summed E-state index contributed by atoms with van der Waals surface area (Å²) in [4.78, 5) is 2.48. The van der Waals surface area contributed by atoms with Crippen molar-refractivity contribution in [2.45, 2.75) is 19.3 Å². The molecule has 0 aromatic heterocycles. The fraction of sp³-hybridized carbons (Fsp3) is 0.0667. The van der Waals surface area contributed by atoms with E-state index in [2.05, 4.69) is 183 Å². The first kappa shape index (κ1) is 26.7. The first-order valence-corrected chi connectivity index (χ1v) is 16.1. The van der Waals surface area contributed by atoms with E-state index in [4.69, 9.17) is 0 Å². The number of fused-ring (bicyclic) bond motifs is 8. The van der Waals surface area contributed by atoms with Crippen molar-refractivity contribution in [1.82, 2.24) is 0 Å². The minimum Gasteiger partial charge on any atom is -0.310 e. The molecule has 0 amide bonds. The van der Waals surface area contributed by atoms with Crippen LogP contribution in [0, 0.1) is 0 Å². The smallest absolute Gasteiger partial charge is 0.0552 e. The largest absolute Gasteiger partial charge is 0.310 e. The fourth-order valence-electron chi connectivity index (χ4n) is 7.73. The maximum absolute atomic E-state index is 2.48. The van der Waals surface area contributed by atoms with Gasteiger partial charge < -0.3 is 4.90 Å². The van der Waals surface area contributed by atoms with Crippen molar-refractivity contribution in [3.8, 4) is 22.3 Å². The van der Waals surface area contributed by atoms with E-state index in [0.29, 0.717) is 0 Å². The minimum absolute atomic E-state index is 0.0943. The summed E-state index contributed by atoms with van der Waals surface area (Å²) in [7, 11) is 0. The molecule has 0 atom stereocenters. The van der Waals surface area contributed by atoms with Crippen LogP contribution in [0.4, 0.5) is 17.1 Å². The monoisotopic (exact) mass is 587 g/mol. The van der Waals surface area contributed by atoms with Gasteiger partial charge >= 0.3 is 0 Å². The van der Waals surface area contributed by atoms with Crippen molar-refractivity contribution >= 4 is 49.4 Å². The summed E-state index contributed by atoms with van der Waals surface area (Å²) >= 11 is 0. The van der Waals surface area contributed by atoms with Crippen LogP contribution in [0.5, 0.6) is 0 Å². The molecule has 8 aromatic rings. The highest BCUT2D eigenvalue weighted by molar-refractivity contribution is 6.23. The van der Waals surface area contributed by atoms with E-state index in [1.54, 1.807) is 0 Å². The van der Waals surface area contributed by atoms with Gasteiger partial charge in [-0.3, -0.25) is 0 Å². The van der Waals surface area contributed by atoms with Crippen LogP contribution in [-0.2, 0) is 5.41 Å². The molecule has 9 rings (SSSR count). The van der Waals surface area contributed by atoms with Gasteiger partial charge in [-0.05, 0) is 90.6 Å². The predicted octanol–water partition coefficient (Wildman–Crippen LogP) is 12.6. The Hall–Kier alpha value is -5.66. The lowest BCUT2D eigenvalue weighted by molar-refractivity contribution is 0.660. The summed E-state index contributed by atoms with van der Waals surface area (Å²) in [6, 6.07) is 60.2. The lowest BCUT2D eigenvalue weighted by atomic mass is 9.82. The van der Waals surface area contributed by atoms with Crippen molar-refractivity contribution in [2.75, 3.05) is 4.90 Å². The van der Waals surface area contributed by atoms with E-state index in [9.17, 15) is 0 Å². The Labute approximate surface area is 270 Å². The second-order valence-corrected chi connectivity index (χ2v) is 13.0. The van der Waals surface area contributed by atoms with Crippen molar-refractivity contribution in [1.29, 1.82) is 0 Å². The quantitative estimate of drug-likeness (QED) is 0.185. The Morgan fingerprint density at radius 1 is 0.413 bits per heavy atom. The van der Waals surface area contributed by atoms with Crippen LogP contribution in [0.1, 0.15) is 25.0 Å². The van der Waals surface area contributed by atoms with Crippen LogP contribution >= 0.6 is 0 Å². The maximum atomic E-state index is 2.48. The molecule has 0 N–H and O–H groups in total. The Morgan fingerprint density at radius 2 is 1.04 bits per heavy atom. The molecule has 0 saturated heterocycles. The molecular formula is C45H33N. The molecule has 8 aromatic carbocycles. The second-order valence-electron chi connectivity index (χ2n) is 13.0. The first-order chi connectivity index (χ1) is 22.6. The van der Waals surface area contributed by atoms with Crippen molar-refractivity contribution in [2.24, 2.45) is 0 Å². The zero-order valence-electron chi connectivity index (χ0n) is 26.0. The summed E-state index contributed by atoms with van der Waals surface area (Å²) in [5, 5.41) is 7.56. The Morgan fingerprint density at radius 3 is 1.87 bits per heavy atom. The average molecular weight is 588 g/mol. The standard InChI is InChI=1S/C45H33N/c1-45(2)41-19-11-10-18-38(41)39-27-25-35(29-42(39)45)46(34-23-20-31(21-24-34)30-12-4-3-5-13-30)43-28-33-15-7-8-16-36(33)40-26-22-32-14-6-9-17-37(32)44(40)43/h3-29H,1-2H3. The van der Waals surface area contributed by atoms with Gasteiger partial charge in [-0.2, -0.15) is 0 Å². The summed E-state index contributed by atoms with van der Waals surface area (Å²) in [5.74, 6) is 0. The first-order valence-electron chi connectivity index (χ1n) is 16.1. The molecule has 1 nitrogen and oxygen atoms in total. The number of benzene rings is 8. The molecule has 46 heavy (non-hydrogen) atoms. The van der Waals surface area contributed by atoms with Gasteiger partial charge in [-0.1, -0.05) is 147 Å². The van der Waals surface area contributed by atoms with Crippen LogP contribution in [0.25, 0.3) is 54.6 Å². The molecule has 0 spiro atoms. The summed E-state index contributed by atoms with van der Waals surface area (Å²) < 4.78 is 0. The summed E-state index contributed by atoms with van der Waals surface area (Å²) in [6.07, 6.45) is 0. The predicted molar refractivity (Wildman–Crippen MR) is 197 cm³/mol. The molecule has 0 fully saturated rings. The Bertz CT molecular complexity index is 2430. The van der Waals surface area contributed by atoms with E-state index >= 15 is 0 Å². The van der Waals surface area contributed by atoms with Crippen molar-refractivity contribution in [3.05, 3.63) is 175 Å². The summed E-state index contributed by atoms with van der Waals surface area (Å²) in [6.45, 7) is 4.72. The van der Waals surface area contributed by atoms with Gasteiger partial charge in [-0.25, -0.2) is 0 Å².